The zero-order chi connectivity index (χ0) is 17.8. The van der Waals surface area contributed by atoms with Crippen molar-refractivity contribution in [3.63, 3.8) is 0 Å². The molecule has 1 aromatic heterocycles. The van der Waals surface area contributed by atoms with E-state index in [0.29, 0.717) is 5.69 Å². The van der Waals surface area contributed by atoms with Crippen molar-refractivity contribution in [2.45, 2.75) is 13.3 Å². The molecule has 0 spiro atoms. The molecule has 0 saturated carbocycles. The van der Waals surface area contributed by atoms with Crippen LogP contribution in [0.2, 0.25) is 5.02 Å². The van der Waals surface area contributed by atoms with Crippen molar-refractivity contribution in [2.75, 3.05) is 11.9 Å². The smallest absolute Gasteiger partial charge is 0.356 e. The highest BCUT2D eigenvalue weighted by Crippen LogP contribution is 2.27. The quantitative estimate of drug-likeness (QED) is 0.674. The third-order valence-electron chi connectivity index (χ3n) is 3.83. The van der Waals surface area contributed by atoms with E-state index in [9.17, 15) is 9.59 Å². The van der Waals surface area contributed by atoms with Crippen LogP contribution in [0.15, 0.2) is 48.5 Å². The maximum absolute atomic E-state index is 12.2. The number of esters is 1. The van der Waals surface area contributed by atoms with E-state index >= 15 is 0 Å². The third-order valence-corrected chi connectivity index (χ3v) is 4.22. The number of fused-ring (bicyclic) bond motifs is 1. The molecule has 0 radical (unpaired) electrons. The number of ether oxygens (including phenoxy) is 1. The minimum absolute atomic E-state index is 0.142. The van der Waals surface area contributed by atoms with Crippen LogP contribution in [0.1, 0.15) is 23.0 Å². The normalized spacial score (nSPS) is 10.6. The van der Waals surface area contributed by atoms with E-state index in [-0.39, 0.29) is 17.3 Å². The number of halogens is 1. The highest BCUT2D eigenvalue weighted by molar-refractivity contribution is 6.38. The van der Waals surface area contributed by atoms with Gasteiger partial charge in [0.1, 0.15) is 5.69 Å². The van der Waals surface area contributed by atoms with E-state index in [2.05, 4.69) is 17.2 Å². The van der Waals surface area contributed by atoms with Crippen LogP contribution in [-0.2, 0) is 16.0 Å². The number of nitrogens with one attached hydrogen (secondary N) is 2. The summed E-state index contributed by atoms with van der Waals surface area (Å²) in [4.78, 5) is 27.0. The standard InChI is InChI=1S/C19H17ClN2O3/c1-2-12-7-9-13(10-8-12)21-16(23)11-25-19(24)18-17(20)14-5-3-4-6-15(14)22-18/h3-10,22H,2,11H2,1H3,(H,21,23). The van der Waals surface area contributed by atoms with Crippen LogP contribution in [-0.4, -0.2) is 23.5 Å². The third kappa shape index (κ3) is 3.83. The number of rotatable bonds is 5. The zero-order valence-corrected chi connectivity index (χ0v) is 14.4. The molecule has 5 nitrogen and oxygen atoms in total. The number of carbonyl (C=O) groups is 2. The van der Waals surface area contributed by atoms with Crippen LogP contribution in [0, 0.1) is 0 Å². The molecule has 0 aliphatic carbocycles. The van der Waals surface area contributed by atoms with Crippen molar-refractivity contribution in [1.29, 1.82) is 0 Å². The number of carbonyl (C=O) groups excluding carboxylic acids is 2. The van der Waals surface area contributed by atoms with Gasteiger partial charge in [0.2, 0.25) is 0 Å². The lowest BCUT2D eigenvalue weighted by atomic mass is 10.1. The van der Waals surface area contributed by atoms with Crippen molar-refractivity contribution >= 4 is 40.1 Å². The number of aromatic amines is 1. The van der Waals surface area contributed by atoms with E-state index in [4.69, 9.17) is 16.3 Å². The number of aryl methyl sites for hydroxylation is 1. The van der Waals surface area contributed by atoms with Crippen LogP contribution < -0.4 is 5.32 Å². The van der Waals surface area contributed by atoms with Crippen LogP contribution in [0.5, 0.6) is 0 Å². The molecule has 0 fully saturated rings. The van der Waals surface area contributed by atoms with Crippen molar-refractivity contribution in [2.24, 2.45) is 0 Å². The van der Waals surface area contributed by atoms with E-state index in [0.717, 1.165) is 17.3 Å². The van der Waals surface area contributed by atoms with Crippen molar-refractivity contribution in [3.8, 4) is 0 Å². The van der Waals surface area contributed by atoms with Gasteiger partial charge in [-0.1, -0.05) is 48.9 Å². The lowest BCUT2D eigenvalue weighted by Crippen LogP contribution is -2.21. The second-order valence-corrected chi connectivity index (χ2v) is 5.91. The van der Waals surface area contributed by atoms with Gasteiger partial charge in [0, 0.05) is 16.6 Å². The molecule has 0 bridgehead atoms. The fourth-order valence-corrected chi connectivity index (χ4v) is 2.76. The predicted octanol–water partition coefficient (Wildman–Crippen LogP) is 4.18. The van der Waals surface area contributed by atoms with Gasteiger partial charge < -0.3 is 15.0 Å². The van der Waals surface area contributed by atoms with Crippen LogP contribution in [0.25, 0.3) is 10.9 Å². The van der Waals surface area contributed by atoms with Gasteiger partial charge in [0.05, 0.1) is 5.02 Å². The summed E-state index contributed by atoms with van der Waals surface area (Å²) in [6.07, 6.45) is 0.928. The Labute approximate surface area is 149 Å². The summed E-state index contributed by atoms with van der Waals surface area (Å²) in [7, 11) is 0. The molecule has 6 heteroatoms. The average Bonchev–Trinajstić information content (AvgIpc) is 2.97. The Morgan fingerprint density at radius 3 is 2.52 bits per heavy atom. The maximum atomic E-state index is 12.2. The Morgan fingerprint density at radius 1 is 1.12 bits per heavy atom. The Balaban J connectivity index is 1.60. The number of aromatic nitrogens is 1. The van der Waals surface area contributed by atoms with E-state index in [1.165, 1.54) is 5.56 Å². The Kier molecular flexibility index (Phi) is 5.05. The lowest BCUT2D eigenvalue weighted by molar-refractivity contribution is -0.119. The van der Waals surface area contributed by atoms with Gasteiger partial charge in [0.25, 0.3) is 5.91 Å². The number of anilines is 1. The van der Waals surface area contributed by atoms with Crippen molar-refractivity contribution in [1.82, 2.24) is 4.98 Å². The van der Waals surface area contributed by atoms with E-state index in [1.807, 2.05) is 42.5 Å². The molecule has 0 aliphatic rings. The molecular formula is C19H17ClN2O3. The predicted molar refractivity (Wildman–Crippen MR) is 98.0 cm³/mol. The number of hydrogen-bond donors (Lipinski definition) is 2. The molecule has 0 atom stereocenters. The number of amides is 1. The Hall–Kier alpha value is -2.79. The first-order chi connectivity index (χ1) is 12.1. The second kappa shape index (κ2) is 7.40. The SMILES string of the molecule is CCc1ccc(NC(=O)COC(=O)c2[nH]c3ccccc3c2Cl)cc1. The summed E-state index contributed by atoms with van der Waals surface area (Å²) in [5.74, 6) is -1.08. The molecule has 0 saturated heterocycles. The Morgan fingerprint density at radius 2 is 1.84 bits per heavy atom. The van der Waals surface area contributed by atoms with Gasteiger partial charge in [-0.3, -0.25) is 4.79 Å². The highest BCUT2D eigenvalue weighted by Gasteiger charge is 2.18. The average molecular weight is 357 g/mol. The molecule has 1 heterocycles. The van der Waals surface area contributed by atoms with Gasteiger partial charge in [0.15, 0.2) is 6.61 Å². The second-order valence-electron chi connectivity index (χ2n) is 5.53. The van der Waals surface area contributed by atoms with Crippen LogP contribution >= 0.6 is 11.6 Å². The molecule has 0 unspecified atom stereocenters. The largest absolute Gasteiger partial charge is 0.451 e. The number of benzene rings is 2. The molecule has 128 valence electrons. The van der Waals surface area contributed by atoms with Crippen LogP contribution in [0.4, 0.5) is 5.69 Å². The van der Waals surface area contributed by atoms with E-state index < -0.39 is 11.9 Å². The van der Waals surface area contributed by atoms with Gasteiger partial charge in [-0.15, -0.1) is 0 Å². The first-order valence-corrected chi connectivity index (χ1v) is 8.28. The molecule has 2 aromatic carbocycles. The van der Waals surface area contributed by atoms with Crippen molar-refractivity contribution in [3.05, 3.63) is 64.8 Å². The molecular weight excluding hydrogens is 340 g/mol. The fraction of sp³-hybridized carbons (Fsp3) is 0.158. The van der Waals surface area contributed by atoms with Gasteiger partial charge in [-0.2, -0.15) is 0 Å². The molecule has 3 rings (SSSR count). The summed E-state index contributed by atoms with van der Waals surface area (Å²) in [5, 5.41) is 3.70. The van der Waals surface area contributed by atoms with E-state index in [1.54, 1.807) is 6.07 Å². The Bertz CT molecular complexity index is 916. The molecule has 25 heavy (non-hydrogen) atoms. The van der Waals surface area contributed by atoms with Crippen LogP contribution in [0.3, 0.4) is 0 Å². The number of hydrogen-bond acceptors (Lipinski definition) is 3. The number of H-pyrrole nitrogens is 1. The summed E-state index contributed by atoms with van der Waals surface area (Å²) in [5.41, 5.74) is 2.71. The topological polar surface area (TPSA) is 71.2 Å². The number of para-hydroxylation sites is 1. The highest BCUT2D eigenvalue weighted by atomic mass is 35.5. The molecule has 2 N–H and O–H groups in total. The molecule has 1 amide bonds. The fourth-order valence-electron chi connectivity index (χ4n) is 2.47. The van der Waals surface area contributed by atoms with Gasteiger partial charge >= 0.3 is 5.97 Å². The summed E-state index contributed by atoms with van der Waals surface area (Å²) >= 11 is 6.19. The summed E-state index contributed by atoms with van der Waals surface area (Å²) < 4.78 is 5.05. The zero-order valence-electron chi connectivity index (χ0n) is 13.6. The molecule has 3 aromatic rings. The van der Waals surface area contributed by atoms with Gasteiger partial charge in [-0.25, -0.2) is 4.79 Å². The first-order valence-electron chi connectivity index (χ1n) is 7.90. The summed E-state index contributed by atoms with van der Waals surface area (Å²) in [6, 6.07) is 14.8. The molecule has 0 aliphatic heterocycles. The monoisotopic (exact) mass is 356 g/mol. The maximum Gasteiger partial charge on any atom is 0.356 e. The minimum atomic E-state index is -0.669. The van der Waals surface area contributed by atoms with Gasteiger partial charge in [-0.05, 0) is 30.2 Å². The van der Waals surface area contributed by atoms with Crippen molar-refractivity contribution < 1.29 is 14.3 Å². The lowest BCUT2D eigenvalue weighted by Gasteiger charge is -2.07. The first kappa shape index (κ1) is 17.0. The minimum Gasteiger partial charge on any atom is -0.451 e. The summed E-state index contributed by atoms with van der Waals surface area (Å²) in [6.45, 7) is 1.67.